The predicted molar refractivity (Wildman–Crippen MR) is 65.3 cm³/mol. The van der Waals surface area contributed by atoms with E-state index in [1.807, 2.05) is 0 Å². The lowest BCUT2D eigenvalue weighted by atomic mass is 9.72. The molecule has 0 radical (unpaired) electrons. The lowest BCUT2D eigenvalue weighted by molar-refractivity contribution is 0.157. The molecule has 0 fully saturated rings. The number of hydrogen-bond donors (Lipinski definition) is 1. The van der Waals surface area contributed by atoms with Gasteiger partial charge in [0.05, 0.1) is 0 Å². The van der Waals surface area contributed by atoms with Crippen LogP contribution in [0.4, 0.5) is 0 Å². The highest BCUT2D eigenvalue weighted by molar-refractivity contribution is 5.04. The Morgan fingerprint density at radius 2 is 1.64 bits per heavy atom. The molecule has 0 atom stereocenters. The van der Waals surface area contributed by atoms with Gasteiger partial charge < -0.3 is 5.32 Å². The Morgan fingerprint density at radius 3 is 1.93 bits per heavy atom. The average molecular weight is 197 g/mol. The third-order valence-corrected chi connectivity index (χ3v) is 3.75. The van der Waals surface area contributed by atoms with Crippen LogP contribution in [-0.4, -0.2) is 5.54 Å². The Bertz CT molecular complexity index is 199. The second kappa shape index (κ2) is 4.37. The molecular weight excluding hydrogens is 170 g/mol. The van der Waals surface area contributed by atoms with Crippen LogP contribution in [0.15, 0.2) is 12.3 Å². The number of allylic oxidation sites excluding steroid dienone is 1. The maximum absolute atomic E-state index is 4.08. The molecule has 0 amide bonds. The van der Waals surface area contributed by atoms with Crippen molar-refractivity contribution in [2.24, 2.45) is 11.3 Å². The lowest BCUT2D eigenvalue weighted by Gasteiger charge is -2.43. The fourth-order valence-corrected chi connectivity index (χ4v) is 1.16. The van der Waals surface area contributed by atoms with Crippen LogP contribution in [-0.2, 0) is 0 Å². The molecule has 0 aromatic carbocycles. The van der Waals surface area contributed by atoms with Crippen LogP contribution in [0.2, 0.25) is 0 Å². The molecule has 14 heavy (non-hydrogen) atoms. The largest absolute Gasteiger partial charge is 0.383 e. The normalized spacial score (nSPS) is 13.1. The molecule has 84 valence electrons. The van der Waals surface area contributed by atoms with Crippen molar-refractivity contribution in [1.82, 2.24) is 5.32 Å². The third-order valence-electron chi connectivity index (χ3n) is 3.75. The number of rotatable bonds is 5. The highest BCUT2D eigenvalue weighted by Crippen LogP contribution is 2.34. The first kappa shape index (κ1) is 13.5. The fraction of sp³-hybridized carbons (Fsp3) is 0.846. The first-order chi connectivity index (χ1) is 6.14. The van der Waals surface area contributed by atoms with Gasteiger partial charge >= 0.3 is 0 Å². The summed E-state index contributed by atoms with van der Waals surface area (Å²) in [5, 5.41) is 3.55. The Balaban J connectivity index is 4.57. The standard InChI is InChI=1S/C13H27N/c1-9-12(5,6)13(7,8)14-11(4)10(2)3/h10,14H,4,9H2,1-3,5-8H3. The molecule has 0 saturated carbocycles. The molecule has 0 bridgehead atoms. The summed E-state index contributed by atoms with van der Waals surface area (Å²) in [5.41, 5.74) is 1.52. The molecule has 1 nitrogen and oxygen atoms in total. The Morgan fingerprint density at radius 1 is 1.21 bits per heavy atom. The molecular formula is C13H27N. The van der Waals surface area contributed by atoms with Gasteiger partial charge in [0.1, 0.15) is 0 Å². The van der Waals surface area contributed by atoms with Crippen LogP contribution in [0.3, 0.4) is 0 Å². The van der Waals surface area contributed by atoms with E-state index in [1.54, 1.807) is 0 Å². The lowest BCUT2D eigenvalue weighted by Crippen LogP contribution is -2.51. The van der Waals surface area contributed by atoms with Crippen molar-refractivity contribution in [3.8, 4) is 0 Å². The first-order valence-corrected chi connectivity index (χ1v) is 5.61. The van der Waals surface area contributed by atoms with Gasteiger partial charge in [0.2, 0.25) is 0 Å². The summed E-state index contributed by atoms with van der Waals surface area (Å²) < 4.78 is 0. The highest BCUT2D eigenvalue weighted by atomic mass is 15.0. The summed E-state index contributed by atoms with van der Waals surface area (Å²) >= 11 is 0. The monoisotopic (exact) mass is 197 g/mol. The molecule has 0 aliphatic carbocycles. The summed E-state index contributed by atoms with van der Waals surface area (Å²) in [6.07, 6.45) is 1.17. The molecule has 0 aliphatic rings. The van der Waals surface area contributed by atoms with E-state index in [-0.39, 0.29) is 11.0 Å². The summed E-state index contributed by atoms with van der Waals surface area (Å²) in [7, 11) is 0. The van der Waals surface area contributed by atoms with Gasteiger partial charge in [-0.3, -0.25) is 0 Å². The highest BCUT2D eigenvalue weighted by Gasteiger charge is 2.35. The van der Waals surface area contributed by atoms with Gasteiger partial charge in [0.15, 0.2) is 0 Å². The van der Waals surface area contributed by atoms with Crippen molar-refractivity contribution >= 4 is 0 Å². The maximum atomic E-state index is 4.08. The van der Waals surface area contributed by atoms with E-state index in [0.29, 0.717) is 5.92 Å². The van der Waals surface area contributed by atoms with E-state index in [9.17, 15) is 0 Å². The van der Waals surface area contributed by atoms with Crippen molar-refractivity contribution in [1.29, 1.82) is 0 Å². The summed E-state index contributed by atoms with van der Waals surface area (Å²) in [4.78, 5) is 0. The van der Waals surface area contributed by atoms with Crippen LogP contribution in [0, 0.1) is 11.3 Å². The minimum absolute atomic E-state index is 0.100. The zero-order valence-electron chi connectivity index (χ0n) is 11.0. The molecule has 0 rings (SSSR count). The Labute approximate surface area is 90.0 Å². The Kier molecular flexibility index (Phi) is 4.23. The van der Waals surface area contributed by atoms with Gasteiger partial charge in [-0.1, -0.05) is 41.2 Å². The molecule has 0 heterocycles. The van der Waals surface area contributed by atoms with Crippen molar-refractivity contribution < 1.29 is 0 Å². The molecule has 0 aromatic heterocycles. The molecule has 0 aromatic rings. The van der Waals surface area contributed by atoms with E-state index >= 15 is 0 Å². The molecule has 0 spiro atoms. The molecule has 0 aliphatic heterocycles. The first-order valence-electron chi connectivity index (χ1n) is 5.61. The zero-order valence-corrected chi connectivity index (χ0v) is 11.0. The van der Waals surface area contributed by atoms with Crippen molar-refractivity contribution in [2.45, 2.75) is 60.4 Å². The van der Waals surface area contributed by atoms with Gasteiger partial charge in [-0.05, 0) is 31.6 Å². The quantitative estimate of drug-likeness (QED) is 0.703. The molecule has 1 heteroatoms. The zero-order chi connectivity index (χ0) is 11.6. The predicted octanol–water partition coefficient (Wildman–Crippen LogP) is 3.96. The molecule has 0 unspecified atom stereocenters. The summed E-state index contributed by atoms with van der Waals surface area (Å²) in [6.45, 7) is 19.8. The van der Waals surface area contributed by atoms with Gasteiger partial charge in [-0.15, -0.1) is 0 Å². The second-order valence-electron chi connectivity index (χ2n) is 5.67. The summed E-state index contributed by atoms with van der Waals surface area (Å²) in [6, 6.07) is 0. The summed E-state index contributed by atoms with van der Waals surface area (Å²) in [5.74, 6) is 0.502. The van der Waals surface area contributed by atoms with Crippen LogP contribution < -0.4 is 5.32 Å². The third kappa shape index (κ3) is 3.04. The van der Waals surface area contributed by atoms with Crippen LogP contribution in [0.25, 0.3) is 0 Å². The minimum Gasteiger partial charge on any atom is -0.383 e. The van der Waals surface area contributed by atoms with E-state index in [4.69, 9.17) is 0 Å². The van der Waals surface area contributed by atoms with Crippen molar-refractivity contribution in [2.75, 3.05) is 0 Å². The molecule has 0 saturated heterocycles. The van der Waals surface area contributed by atoms with Crippen LogP contribution in [0.1, 0.15) is 54.9 Å². The Hall–Kier alpha value is -0.460. The number of nitrogens with one attached hydrogen (secondary N) is 1. The maximum Gasteiger partial charge on any atom is 0.0365 e. The van der Waals surface area contributed by atoms with Crippen LogP contribution >= 0.6 is 0 Å². The van der Waals surface area contributed by atoms with E-state index in [0.717, 1.165) is 5.70 Å². The van der Waals surface area contributed by atoms with E-state index in [2.05, 4.69) is 60.4 Å². The number of hydrogen-bond acceptors (Lipinski definition) is 1. The topological polar surface area (TPSA) is 12.0 Å². The van der Waals surface area contributed by atoms with Crippen molar-refractivity contribution in [3.63, 3.8) is 0 Å². The minimum atomic E-state index is 0.100. The van der Waals surface area contributed by atoms with E-state index < -0.39 is 0 Å². The van der Waals surface area contributed by atoms with Gasteiger partial charge in [-0.2, -0.15) is 0 Å². The fourth-order valence-electron chi connectivity index (χ4n) is 1.16. The van der Waals surface area contributed by atoms with Gasteiger partial charge in [0, 0.05) is 11.2 Å². The average Bonchev–Trinajstić information content (AvgIpc) is 2.03. The van der Waals surface area contributed by atoms with Crippen LogP contribution in [0.5, 0.6) is 0 Å². The second-order valence-corrected chi connectivity index (χ2v) is 5.67. The smallest absolute Gasteiger partial charge is 0.0365 e. The van der Waals surface area contributed by atoms with Gasteiger partial charge in [-0.25, -0.2) is 0 Å². The van der Waals surface area contributed by atoms with Crippen molar-refractivity contribution in [3.05, 3.63) is 12.3 Å². The van der Waals surface area contributed by atoms with E-state index in [1.165, 1.54) is 6.42 Å². The molecule has 1 N–H and O–H groups in total. The SMILES string of the molecule is C=C(NC(C)(C)C(C)(C)CC)C(C)C. The van der Waals surface area contributed by atoms with Gasteiger partial charge in [0.25, 0.3) is 0 Å².